The highest BCUT2D eigenvalue weighted by molar-refractivity contribution is 9.11. The van der Waals surface area contributed by atoms with Gasteiger partial charge in [0.05, 0.1) is 22.4 Å². The van der Waals surface area contributed by atoms with Gasteiger partial charge in [0.2, 0.25) is 0 Å². The molecule has 0 unspecified atom stereocenters. The van der Waals surface area contributed by atoms with Crippen LogP contribution in [0.2, 0.25) is 0 Å². The summed E-state index contributed by atoms with van der Waals surface area (Å²) in [6.45, 7) is 2.29. The number of halogens is 1. The second-order valence-corrected chi connectivity index (χ2v) is 6.77. The summed E-state index contributed by atoms with van der Waals surface area (Å²) in [6.07, 6.45) is 0. The van der Waals surface area contributed by atoms with E-state index in [-0.39, 0.29) is 5.91 Å². The minimum absolute atomic E-state index is 0.349. The molecule has 0 aliphatic rings. The van der Waals surface area contributed by atoms with E-state index in [1.807, 2.05) is 6.92 Å². The molecule has 0 radical (unpaired) electrons. The van der Waals surface area contributed by atoms with Crippen LogP contribution in [0, 0.1) is 0 Å². The molecule has 1 aromatic carbocycles. The number of amides is 2. The first-order valence-electron chi connectivity index (χ1n) is 6.72. The van der Waals surface area contributed by atoms with Crippen molar-refractivity contribution in [3.8, 4) is 11.5 Å². The van der Waals surface area contributed by atoms with Crippen LogP contribution in [-0.4, -0.2) is 25.5 Å². The van der Waals surface area contributed by atoms with Gasteiger partial charge in [0.15, 0.2) is 11.5 Å². The molecule has 1 aromatic heterocycles. The van der Waals surface area contributed by atoms with Crippen molar-refractivity contribution >= 4 is 39.1 Å². The molecular formula is C15H15BrN2O4S. The third kappa shape index (κ3) is 4.46. The van der Waals surface area contributed by atoms with E-state index in [1.165, 1.54) is 18.4 Å². The quantitative estimate of drug-likeness (QED) is 0.758. The predicted molar refractivity (Wildman–Crippen MR) is 91.1 cm³/mol. The second-order valence-electron chi connectivity index (χ2n) is 4.31. The Hall–Kier alpha value is -2.06. The number of hydrogen-bond acceptors (Lipinski definition) is 5. The van der Waals surface area contributed by atoms with Gasteiger partial charge in [0, 0.05) is 5.56 Å². The highest BCUT2D eigenvalue weighted by Gasteiger charge is 2.13. The third-order valence-electron chi connectivity index (χ3n) is 2.81. The van der Waals surface area contributed by atoms with Crippen molar-refractivity contribution in [2.24, 2.45) is 0 Å². The topological polar surface area (TPSA) is 76.7 Å². The van der Waals surface area contributed by atoms with Crippen molar-refractivity contribution < 1.29 is 19.1 Å². The molecular weight excluding hydrogens is 384 g/mol. The second kappa shape index (κ2) is 7.98. The average Bonchev–Trinajstić information content (AvgIpc) is 2.99. The Balaban J connectivity index is 2.03. The molecule has 23 heavy (non-hydrogen) atoms. The molecule has 0 atom stereocenters. The predicted octanol–water partition coefficient (Wildman–Crippen LogP) is 2.99. The van der Waals surface area contributed by atoms with Gasteiger partial charge in [0.1, 0.15) is 0 Å². The Morgan fingerprint density at radius 2 is 1.87 bits per heavy atom. The molecule has 0 fully saturated rings. The minimum Gasteiger partial charge on any atom is -0.493 e. The van der Waals surface area contributed by atoms with Crippen molar-refractivity contribution in [1.29, 1.82) is 0 Å². The van der Waals surface area contributed by atoms with E-state index in [0.717, 1.165) is 3.79 Å². The summed E-state index contributed by atoms with van der Waals surface area (Å²) < 4.78 is 11.4. The molecule has 122 valence electrons. The Kier molecular flexibility index (Phi) is 6.00. The summed E-state index contributed by atoms with van der Waals surface area (Å²) in [5, 5.41) is 0. The molecule has 0 spiro atoms. The van der Waals surface area contributed by atoms with Crippen LogP contribution in [0.15, 0.2) is 34.1 Å². The van der Waals surface area contributed by atoms with Crippen molar-refractivity contribution in [2.45, 2.75) is 6.92 Å². The van der Waals surface area contributed by atoms with Crippen LogP contribution in [0.5, 0.6) is 11.5 Å². The Morgan fingerprint density at radius 3 is 2.48 bits per heavy atom. The van der Waals surface area contributed by atoms with E-state index in [1.54, 1.807) is 30.3 Å². The lowest BCUT2D eigenvalue weighted by atomic mass is 10.2. The molecule has 1 heterocycles. The number of benzene rings is 1. The molecule has 2 aromatic rings. The molecule has 0 saturated carbocycles. The van der Waals surface area contributed by atoms with Gasteiger partial charge in [0.25, 0.3) is 11.8 Å². The number of nitrogens with one attached hydrogen (secondary N) is 2. The van der Waals surface area contributed by atoms with Gasteiger partial charge in [-0.15, -0.1) is 11.3 Å². The number of carbonyl (C=O) groups is 2. The number of rotatable bonds is 5. The summed E-state index contributed by atoms with van der Waals surface area (Å²) in [5.74, 6) is 0.178. The smallest absolute Gasteiger partial charge is 0.279 e. The number of hydrogen-bond donors (Lipinski definition) is 2. The monoisotopic (exact) mass is 398 g/mol. The van der Waals surface area contributed by atoms with Gasteiger partial charge < -0.3 is 9.47 Å². The first-order chi connectivity index (χ1) is 11.0. The summed E-state index contributed by atoms with van der Waals surface area (Å²) >= 11 is 4.55. The first-order valence-corrected chi connectivity index (χ1v) is 8.33. The molecule has 6 nitrogen and oxygen atoms in total. The Morgan fingerprint density at radius 1 is 1.13 bits per heavy atom. The molecule has 2 amide bonds. The van der Waals surface area contributed by atoms with Crippen LogP contribution in [0.3, 0.4) is 0 Å². The maximum absolute atomic E-state index is 12.1. The lowest BCUT2D eigenvalue weighted by Gasteiger charge is -2.11. The largest absolute Gasteiger partial charge is 0.493 e. The van der Waals surface area contributed by atoms with E-state index in [9.17, 15) is 9.59 Å². The molecule has 0 bridgehead atoms. The average molecular weight is 399 g/mol. The lowest BCUT2D eigenvalue weighted by molar-refractivity contribution is 0.0848. The van der Waals surface area contributed by atoms with Gasteiger partial charge in [-0.3, -0.25) is 20.4 Å². The van der Waals surface area contributed by atoms with Crippen LogP contribution in [-0.2, 0) is 0 Å². The fraction of sp³-hybridized carbons (Fsp3) is 0.200. The maximum atomic E-state index is 12.1. The standard InChI is InChI=1S/C15H15BrN2O4S/c1-3-22-11-8-9(4-5-10(11)21-2)14(19)17-18-15(20)12-6-7-13(16)23-12/h4-8H,3H2,1-2H3,(H,17,19)(H,18,20). The normalized spacial score (nSPS) is 10.0. The van der Waals surface area contributed by atoms with Gasteiger partial charge in [-0.05, 0) is 53.2 Å². The zero-order valence-electron chi connectivity index (χ0n) is 12.5. The summed E-state index contributed by atoms with van der Waals surface area (Å²) in [7, 11) is 1.52. The number of ether oxygens (including phenoxy) is 2. The van der Waals surface area contributed by atoms with E-state index in [4.69, 9.17) is 9.47 Å². The Labute approximate surface area is 145 Å². The number of hydrazine groups is 1. The minimum atomic E-state index is -0.447. The third-order valence-corrected chi connectivity index (χ3v) is 4.43. The van der Waals surface area contributed by atoms with Crippen LogP contribution < -0.4 is 20.3 Å². The van der Waals surface area contributed by atoms with Crippen LogP contribution in [0.4, 0.5) is 0 Å². The maximum Gasteiger partial charge on any atom is 0.279 e. The SMILES string of the molecule is CCOc1cc(C(=O)NNC(=O)c2ccc(Br)s2)ccc1OC. The number of methoxy groups -OCH3 is 1. The van der Waals surface area contributed by atoms with Gasteiger partial charge in [-0.1, -0.05) is 0 Å². The Bertz CT molecular complexity index is 717. The molecule has 0 aliphatic heterocycles. The zero-order chi connectivity index (χ0) is 16.8. The summed E-state index contributed by atoms with van der Waals surface area (Å²) in [6, 6.07) is 8.21. The molecule has 2 rings (SSSR count). The molecule has 0 aliphatic carbocycles. The molecule has 0 saturated heterocycles. The van der Waals surface area contributed by atoms with E-state index in [2.05, 4.69) is 26.8 Å². The van der Waals surface area contributed by atoms with Crippen molar-refractivity contribution in [3.05, 3.63) is 44.6 Å². The molecule has 8 heteroatoms. The van der Waals surface area contributed by atoms with Crippen molar-refractivity contribution in [2.75, 3.05) is 13.7 Å². The van der Waals surface area contributed by atoms with Gasteiger partial charge >= 0.3 is 0 Å². The van der Waals surface area contributed by atoms with Gasteiger partial charge in [-0.25, -0.2) is 0 Å². The van der Waals surface area contributed by atoms with Crippen LogP contribution in [0.1, 0.15) is 27.0 Å². The van der Waals surface area contributed by atoms with E-state index < -0.39 is 5.91 Å². The number of carbonyl (C=O) groups excluding carboxylic acids is 2. The van der Waals surface area contributed by atoms with Crippen molar-refractivity contribution in [1.82, 2.24) is 10.9 Å². The lowest BCUT2D eigenvalue weighted by Crippen LogP contribution is -2.41. The van der Waals surface area contributed by atoms with E-state index >= 15 is 0 Å². The first kappa shape index (κ1) is 17.3. The van der Waals surface area contributed by atoms with Crippen LogP contribution >= 0.6 is 27.3 Å². The highest BCUT2D eigenvalue weighted by atomic mass is 79.9. The fourth-order valence-electron chi connectivity index (χ4n) is 1.77. The van der Waals surface area contributed by atoms with Gasteiger partial charge in [-0.2, -0.15) is 0 Å². The summed E-state index contributed by atoms with van der Waals surface area (Å²) in [5.41, 5.74) is 5.09. The zero-order valence-corrected chi connectivity index (χ0v) is 14.9. The van der Waals surface area contributed by atoms with E-state index in [0.29, 0.717) is 28.5 Å². The van der Waals surface area contributed by atoms with Crippen molar-refractivity contribution in [3.63, 3.8) is 0 Å². The highest BCUT2D eigenvalue weighted by Crippen LogP contribution is 2.28. The summed E-state index contributed by atoms with van der Waals surface area (Å²) in [4.78, 5) is 24.5. The fourth-order valence-corrected chi connectivity index (χ4v) is 3.05. The molecule has 2 N–H and O–H groups in total. The van der Waals surface area contributed by atoms with Crippen LogP contribution in [0.25, 0.3) is 0 Å². The number of thiophene rings is 1.